The van der Waals surface area contributed by atoms with Crippen LogP contribution in [-0.4, -0.2) is 32.2 Å². The van der Waals surface area contributed by atoms with Crippen LogP contribution in [0.25, 0.3) is 0 Å². The number of rotatable bonds is 7. The van der Waals surface area contributed by atoms with Crippen molar-refractivity contribution in [3.8, 4) is 5.75 Å². The van der Waals surface area contributed by atoms with E-state index in [0.29, 0.717) is 25.6 Å². The van der Waals surface area contributed by atoms with Crippen molar-refractivity contribution in [2.45, 2.75) is 32.4 Å². The summed E-state index contributed by atoms with van der Waals surface area (Å²) in [5.41, 5.74) is 2.34. The highest BCUT2D eigenvalue weighted by Crippen LogP contribution is 2.24. The summed E-state index contributed by atoms with van der Waals surface area (Å²) in [6.45, 7) is 1.34. The molecule has 1 aromatic heterocycles. The third-order valence-corrected chi connectivity index (χ3v) is 5.80. The summed E-state index contributed by atoms with van der Waals surface area (Å²) < 4.78 is 28.6. The zero-order valence-corrected chi connectivity index (χ0v) is 15.5. The second-order valence-electron chi connectivity index (χ2n) is 6.48. The molecule has 1 aliphatic rings. The maximum Gasteiger partial charge on any atom is 0.387 e. The number of nitrogens with one attached hydrogen (secondary N) is 2. The van der Waals surface area contributed by atoms with Crippen molar-refractivity contribution in [3.63, 3.8) is 0 Å². The summed E-state index contributed by atoms with van der Waals surface area (Å²) in [5, 5.41) is 5.08. The van der Waals surface area contributed by atoms with E-state index in [4.69, 9.17) is 0 Å². The van der Waals surface area contributed by atoms with Crippen LogP contribution in [0.2, 0.25) is 0 Å². The van der Waals surface area contributed by atoms with E-state index < -0.39 is 6.61 Å². The Morgan fingerprint density at radius 2 is 2.12 bits per heavy atom. The van der Waals surface area contributed by atoms with Gasteiger partial charge in [0.2, 0.25) is 0 Å². The molecular weight excluding hydrogens is 358 g/mol. The molecule has 0 bridgehead atoms. The minimum atomic E-state index is -2.81. The number of benzene rings is 1. The van der Waals surface area contributed by atoms with Crippen molar-refractivity contribution in [2.24, 2.45) is 0 Å². The Balaban J connectivity index is 1.42. The van der Waals surface area contributed by atoms with Gasteiger partial charge < -0.3 is 15.0 Å². The van der Waals surface area contributed by atoms with Crippen LogP contribution >= 0.6 is 11.3 Å². The molecule has 0 radical (unpaired) electrons. The highest BCUT2D eigenvalue weighted by Gasteiger charge is 2.29. The molecule has 0 fully saturated rings. The van der Waals surface area contributed by atoms with Gasteiger partial charge in [-0.2, -0.15) is 8.78 Å². The maximum absolute atomic E-state index is 12.2. The Hall–Kier alpha value is -1.99. The van der Waals surface area contributed by atoms with E-state index in [1.807, 2.05) is 0 Å². The monoisotopic (exact) mass is 381 g/mol. The molecule has 26 heavy (non-hydrogen) atoms. The number of carbonyl (C=O) groups excluding carboxylic acids is 1. The molecule has 1 amide bonds. The molecule has 2 atom stereocenters. The van der Waals surface area contributed by atoms with Crippen LogP contribution in [0.5, 0.6) is 5.75 Å². The number of fused-ring (bicyclic) bond motifs is 1. The van der Waals surface area contributed by atoms with Gasteiger partial charge in [-0.3, -0.25) is 4.79 Å². The number of hydrogen-bond acceptors (Lipinski definition) is 3. The van der Waals surface area contributed by atoms with Gasteiger partial charge in [0.1, 0.15) is 11.8 Å². The lowest BCUT2D eigenvalue weighted by Crippen LogP contribution is -3.14. The van der Waals surface area contributed by atoms with Gasteiger partial charge in [0.15, 0.2) is 6.54 Å². The fraction of sp³-hybridized carbons (Fsp3) is 0.421. The molecule has 2 aromatic rings. The number of amides is 1. The molecule has 0 spiro atoms. The third kappa shape index (κ3) is 4.80. The molecule has 0 saturated carbocycles. The van der Waals surface area contributed by atoms with E-state index in [9.17, 15) is 13.6 Å². The molecule has 1 unspecified atom stereocenters. The van der Waals surface area contributed by atoms with Crippen LogP contribution in [0.15, 0.2) is 35.7 Å². The zero-order chi connectivity index (χ0) is 18.5. The standard InChI is InChI=1S/C19H22F2N2O2S/c1-13-16-8-11-26-17(16)7-10-23(13)12-18(24)22-9-6-14-2-4-15(5-3-14)25-19(20)21/h2-5,8,11,13,19H,6-7,9-10,12H2,1H3,(H,22,24)/p+1/t13-/m0/s1. The first-order chi connectivity index (χ1) is 12.5. The van der Waals surface area contributed by atoms with Gasteiger partial charge in [0.25, 0.3) is 5.91 Å². The quantitative estimate of drug-likeness (QED) is 0.772. The second kappa shape index (κ2) is 8.60. The van der Waals surface area contributed by atoms with Gasteiger partial charge in [-0.15, -0.1) is 11.3 Å². The third-order valence-electron chi connectivity index (χ3n) is 4.80. The molecule has 0 aliphatic carbocycles. The van der Waals surface area contributed by atoms with Gasteiger partial charge in [-0.25, -0.2) is 0 Å². The van der Waals surface area contributed by atoms with Crippen LogP contribution < -0.4 is 15.0 Å². The van der Waals surface area contributed by atoms with Crippen molar-refractivity contribution >= 4 is 17.2 Å². The van der Waals surface area contributed by atoms with Crippen molar-refractivity contribution in [2.75, 3.05) is 19.6 Å². The maximum atomic E-state index is 12.2. The molecule has 4 nitrogen and oxygen atoms in total. The van der Waals surface area contributed by atoms with Crippen LogP contribution in [0.3, 0.4) is 0 Å². The van der Waals surface area contributed by atoms with Crippen LogP contribution in [0.1, 0.15) is 29.0 Å². The van der Waals surface area contributed by atoms with E-state index in [0.717, 1.165) is 18.5 Å². The summed E-state index contributed by atoms with van der Waals surface area (Å²) in [4.78, 5) is 15.0. The number of hydrogen-bond donors (Lipinski definition) is 2. The number of carbonyl (C=O) groups is 1. The Labute approximate surface area is 155 Å². The van der Waals surface area contributed by atoms with E-state index in [1.165, 1.54) is 27.5 Å². The molecule has 2 N–H and O–H groups in total. The van der Waals surface area contributed by atoms with E-state index in [1.54, 1.807) is 23.5 Å². The average Bonchev–Trinajstić information content (AvgIpc) is 3.08. The highest BCUT2D eigenvalue weighted by atomic mass is 32.1. The predicted octanol–water partition coefficient (Wildman–Crippen LogP) is 2.21. The topological polar surface area (TPSA) is 42.8 Å². The summed E-state index contributed by atoms with van der Waals surface area (Å²) in [6.07, 6.45) is 1.69. The minimum absolute atomic E-state index is 0.0446. The Morgan fingerprint density at radius 3 is 2.85 bits per heavy atom. The second-order valence-corrected chi connectivity index (χ2v) is 7.48. The first-order valence-corrected chi connectivity index (χ1v) is 9.62. The predicted molar refractivity (Wildman–Crippen MR) is 96.9 cm³/mol. The molecular formula is C19H23F2N2O2S+. The van der Waals surface area contributed by atoms with Gasteiger partial charge >= 0.3 is 6.61 Å². The van der Waals surface area contributed by atoms with Crippen molar-refractivity contribution in [3.05, 3.63) is 51.7 Å². The van der Waals surface area contributed by atoms with Crippen molar-refractivity contribution < 1.29 is 23.2 Å². The summed E-state index contributed by atoms with van der Waals surface area (Å²) >= 11 is 1.80. The molecule has 2 heterocycles. The number of ether oxygens (including phenoxy) is 1. The van der Waals surface area contributed by atoms with Gasteiger partial charge in [-0.1, -0.05) is 12.1 Å². The summed E-state index contributed by atoms with van der Waals surface area (Å²) in [5.74, 6) is 0.187. The van der Waals surface area contributed by atoms with Crippen molar-refractivity contribution in [1.29, 1.82) is 0 Å². The Kier molecular flexibility index (Phi) is 6.21. The number of alkyl halides is 2. The first-order valence-electron chi connectivity index (χ1n) is 8.74. The molecule has 140 valence electrons. The van der Waals surface area contributed by atoms with Crippen LogP contribution in [-0.2, 0) is 17.6 Å². The van der Waals surface area contributed by atoms with Crippen LogP contribution in [0, 0.1) is 0 Å². The summed E-state index contributed by atoms with van der Waals surface area (Å²) in [6, 6.07) is 9.02. The molecule has 7 heteroatoms. The molecule has 1 aromatic carbocycles. The smallest absolute Gasteiger partial charge is 0.387 e. The average molecular weight is 381 g/mol. The number of quaternary nitrogens is 1. The molecule has 0 saturated heterocycles. The largest absolute Gasteiger partial charge is 0.435 e. The van der Waals surface area contributed by atoms with Crippen molar-refractivity contribution in [1.82, 2.24) is 5.32 Å². The van der Waals surface area contributed by atoms with Gasteiger partial charge in [0, 0.05) is 23.4 Å². The van der Waals surface area contributed by atoms with E-state index in [-0.39, 0.29) is 11.7 Å². The fourth-order valence-electron chi connectivity index (χ4n) is 3.34. The van der Waals surface area contributed by atoms with E-state index in [2.05, 4.69) is 28.4 Å². The lowest BCUT2D eigenvalue weighted by molar-refractivity contribution is -0.924. The van der Waals surface area contributed by atoms with Crippen LogP contribution in [0.4, 0.5) is 8.78 Å². The Morgan fingerprint density at radius 1 is 1.35 bits per heavy atom. The normalized spacial score (nSPS) is 19.2. The van der Waals surface area contributed by atoms with E-state index >= 15 is 0 Å². The zero-order valence-electron chi connectivity index (χ0n) is 14.6. The fourth-order valence-corrected chi connectivity index (χ4v) is 4.32. The number of thiophene rings is 1. The minimum Gasteiger partial charge on any atom is -0.435 e. The lowest BCUT2D eigenvalue weighted by Gasteiger charge is -2.29. The number of halogens is 2. The molecule has 3 rings (SSSR count). The molecule has 1 aliphatic heterocycles. The SMILES string of the molecule is C[C@H]1c2ccsc2CC[NH+]1CC(=O)NCCc1ccc(OC(F)F)cc1. The first kappa shape index (κ1) is 18.8. The highest BCUT2D eigenvalue weighted by molar-refractivity contribution is 7.10. The summed E-state index contributed by atoms with van der Waals surface area (Å²) in [7, 11) is 0. The Bertz CT molecular complexity index is 733. The lowest BCUT2D eigenvalue weighted by atomic mass is 10.0. The van der Waals surface area contributed by atoms with Gasteiger partial charge in [0.05, 0.1) is 6.54 Å². The van der Waals surface area contributed by atoms with Gasteiger partial charge in [-0.05, 0) is 42.5 Å².